The molecule has 1 heterocycles. The molecule has 2 amide bonds. The highest BCUT2D eigenvalue weighted by Crippen LogP contribution is 2.16. The molecule has 0 bridgehead atoms. The topological polar surface area (TPSA) is 116 Å². The molecule has 0 spiro atoms. The van der Waals surface area contributed by atoms with E-state index in [1.807, 2.05) is 18.4 Å². The maximum Gasteiger partial charge on any atom is 0.326 e. The van der Waals surface area contributed by atoms with E-state index in [1.165, 1.54) is 11.3 Å². The fourth-order valence-electron chi connectivity index (χ4n) is 1.58. The average molecular weight is 300 g/mol. The quantitative estimate of drug-likeness (QED) is 0.600. The Morgan fingerprint density at radius 1 is 1.35 bits per heavy atom. The maximum absolute atomic E-state index is 11.6. The predicted molar refractivity (Wildman–Crippen MR) is 72.7 cm³/mol. The van der Waals surface area contributed by atoms with Gasteiger partial charge in [-0.2, -0.15) is 0 Å². The number of nitrogens with one attached hydrogen (secondary N) is 2. The molecule has 4 N–H and O–H groups in total. The summed E-state index contributed by atoms with van der Waals surface area (Å²) in [6.07, 6.45) is 0.181. The molecule has 7 nitrogen and oxygen atoms in total. The van der Waals surface area contributed by atoms with Gasteiger partial charge in [-0.05, 0) is 23.4 Å². The molecule has 0 fully saturated rings. The molecule has 0 radical (unpaired) electrons. The number of urea groups is 1. The molecule has 20 heavy (non-hydrogen) atoms. The number of hydrogen-bond acceptors (Lipinski definition) is 4. The van der Waals surface area contributed by atoms with Crippen LogP contribution in [0.3, 0.4) is 0 Å². The van der Waals surface area contributed by atoms with Crippen molar-refractivity contribution in [1.29, 1.82) is 0 Å². The molecule has 0 aromatic carbocycles. The molecule has 0 aliphatic heterocycles. The number of hydrogen-bond donors (Lipinski definition) is 4. The lowest BCUT2D eigenvalue weighted by atomic mass is 10.2. The molecule has 0 unspecified atom stereocenters. The molecule has 110 valence electrons. The monoisotopic (exact) mass is 300 g/mol. The molecular weight excluding hydrogens is 284 g/mol. The van der Waals surface area contributed by atoms with Crippen LogP contribution < -0.4 is 10.6 Å². The average Bonchev–Trinajstić information content (AvgIpc) is 2.82. The van der Waals surface area contributed by atoms with E-state index in [0.29, 0.717) is 0 Å². The van der Waals surface area contributed by atoms with Gasteiger partial charge < -0.3 is 20.8 Å². The standard InChI is InChI=1S/C12H16N2O5S/c1-2-7-3-4-20-9(7)6-13-12(19)14-8(11(17)18)5-10(15)16/h3-4,8H,2,5-6H2,1H3,(H,15,16)(H,17,18)(H2,13,14,19)/t8-/m0/s1. The summed E-state index contributed by atoms with van der Waals surface area (Å²) in [4.78, 5) is 33.8. The third-order valence-corrected chi connectivity index (χ3v) is 3.57. The first-order chi connectivity index (χ1) is 9.43. The Labute approximate surface area is 119 Å². The van der Waals surface area contributed by atoms with Gasteiger partial charge in [0.1, 0.15) is 6.04 Å². The second kappa shape index (κ2) is 7.49. The molecule has 1 rings (SSSR count). The van der Waals surface area contributed by atoms with Crippen LogP contribution in [0, 0.1) is 0 Å². The molecule has 1 aromatic rings. The highest BCUT2D eigenvalue weighted by Gasteiger charge is 2.22. The minimum Gasteiger partial charge on any atom is -0.481 e. The molecule has 8 heteroatoms. The molecule has 0 aliphatic carbocycles. The fraction of sp³-hybridized carbons (Fsp3) is 0.417. The van der Waals surface area contributed by atoms with Gasteiger partial charge in [0.15, 0.2) is 0 Å². The van der Waals surface area contributed by atoms with E-state index in [-0.39, 0.29) is 6.54 Å². The summed E-state index contributed by atoms with van der Waals surface area (Å²) in [7, 11) is 0. The SMILES string of the molecule is CCc1ccsc1CNC(=O)N[C@@H](CC(=O)O)C(=O)O. The number of carbonyl (C=O) groups is 3. The second-order valence-electron chi connectivity index (χ2n) is 4.04. The van der Waals surface area contributed by atoms with Gasteiger partial charge in [0.25, 0.3) is 0 Å². The van der Waals surface area contributed by atoms with Crippen molar-refractivity contribution in [1.82, 2.24) is 10.6 Å². The third kappa shape index (κ3) is 4.88. The Bertz CT molecular complexity index is 500. The van der Waals surface area contributed by atoms with E-state index >= 15 is 0 Å². The zero-order valence-corrected chi connectivity index (χ0v) is 11.7. The Balaban J connectivity index is 2.50. The number of carboxylic acids is 2. The van der Waals surface area contributed by atoms with Gasteiger partial charge in [0.2, 0.25) is 0 Å². The smallest absolute Gasteiger partial charge is 0.326 e. The summed E-state index contributed by atoms with van der Waals surface area (Å²) in [6.45, 7) is 2.28. The summed E-state index contributed by atoms with van der Waals surface area (Å²) >= 11 is 1.50. The fourth-order valence-corrected chi connectivity index (χ4v) is 2.50. The Morgan fingerprint density at radius 2 is 2.05 bits per heavy atom. The highest BCUT2D eigenvalue weighted by molar-refractivity contribution is 7.10. The van der Waals surface area contributed by atoms with Crippen LogP contribution in [0.1, 0.15) is 23.8 Å². The number of rotatable bonds is 7. The van der Waals surface area contributed by atoms with E-state index in [1.54, 1.807) is 0 Å². The van der Waals surface area contributed by atoms with Crippen molar-refractivity contribution in [2.45, 2.75) is 32.4 Å². The second-order valence-corrected chi connectivity index (χ2v) is 5.04. The van der Waals surface area contributed by atoms with Crippen LogP contribution in [-0.2, 0) is 22.6 Å². The van der Waals surface area contributed by atoms with Gasteiger partial charge in [-0.3, -0.25) is 4.79 Å². The Hall–Kier alpha value is -2.09. The van der Waals surface area contributed by atoms with Gasteiger partial charge in [-0.15, -0.1) is 11.3 Å². The van der Waals surface area contributed by atoms with Crippen LogP contribution in [0.15, 0.2) is 11.4 Å². The van der Waals surface area contributed by atoms with Gasteiger partial charge >= 0.3 is 18.0 Å². The van der Waals surface area contributed by atoms with Crippen molar-refractivity contribution in [3.05, 3.63) is 21.9 Å². The van der Waals surface area contributed by atoms with Crippen LogP contribution in [0.25, 0.3) is 0 Å². The van der Waals surface area contributed by atoms with Gasteiger partial charge in [-0.1, -0.05) is 6.92 Å². The summed E-state index contributed by atoms with van der Waals surface area (Å²) in [5.74, 6) is -2.67. The van der Waals surface area contributed by atoms with Crippen LogP contribution >= 0.6 is 11.3 Å². The van der Waals surface area contributed by atoms with Crippen LogP contribution in [0.5, 0.6) is 0 Å². The van der Waals surface area contributed by atoms with Crippen molar-refractivity contribution >= 4 is 29.3 Å². The lowest BCUT2D eigenvalue weighted by molar-refractivity contribution is -0.145. The van der Waals surface area contributed by atoms with E-state index in [2.05, 4.69) is 10.6 Å². The van der Waals surface area contributed by atoms with Crippen LogP contribution in [-0.4, -0.2) is 34.2 Å². The Morgan fingerprint density at radius 3 is 2.60 bits per heavy atom. The third-order valence-electron chi connectivity index (χ3n) is 2.61. The molecule has 0 aliphatic rings. The number of aliphatic carboxylic acids is 2. The van der Waals surface area contributed by atoms with E-state index in [9.17, 15) is 14.4 Å². The lowest BCUT2D eigenvalue weighted by Crippen LogP contribution is -2.46. The summed E-state index contributed by atoms with van der Waals surface area (Å²) < 4.78 is 0. The molecule has 0 saturated carbocycles. The van der Waals surface area contributed by atoms with E-state index < -0.39 is 30.4 Å². The minimum absolute atomic E-state index is 0.284. The normalized spacial score (nSPS) is 11.7. The number of carboxylic acid groups (broad SMARTS) is 2. The minimum atomic E-state index is -1.44. The van der Waals surface area contributed by atoms with Gasteiger partial charge in [0, 0.05) is 4.88 Å². The summed E-state index contributed by atoms with van der Waals surface area (Å²) in [5.41, 5.74) is 1.12. The van der Waals surface area contributed by atoms with E-state index in [0.717, 1.165) is 16.9 Å². The molecule has 1 aromatic heterocycles. The largest absolute Gasteiger partial charge is 0.481 e. The zero-order chi connectivity index (χ0) is 15.1. The first-order valence-corrected chi connectivity index (χ1v) is 6.86. The number of carbonyl (C=O) groups excluding carboxylic acids is 1. The van der Waals surface area contributed by atoms with Crippen molar-refractivity contribution in [2.24, 2.45) is 0 Å². The predicted octanol–water partition coefficient (Wildman–Crippen LogP) is 1.04. The first-order valence-electron chi connectivity index (χ1n) is 5.98. The number of amides is 2. The Kier molecular flexibility index (Phi) is 5.98. The van der Waals surface area contributed by atoms with Gasteiger partial charge in [0.05, 0.1) is 13.0 Å². The van der Waals surface area contributed by atoms with Crippen molar-refractivity contribution in [3.8, 4) is 0 Å². The molecular formula is C12H16N2O5S. The summed E-state index contributed by atoms with van der Waals surface area (Å²) in [6, 6.07) is -0.181. The van der Waals surface area contributed by atoms with Crippen LogP contribution in [0.4, 0.5) is 4.79 Å². The number of thiophene rings is 1. The first kappa shape index (κ1) is 16.0. The van der Waals surface area contributed by atoms with Gasteiger partial charge in [-0.25, -0.2) is 9.59 Å². The van der Waals surface area contributed by atoms with Crippen molar-refractivity contribution in [2.75, 3.05) is 0 Å². The van der Waals surface area contributed by atoms with Crippen LogP contribution in [0.2, 0.25) is 0 Å². The van der Waals surface area contributed by atoms with E-state index in [4.69, 9.17) is 10.2 Å². The molecule has 0 saturated heterocycles. The lowest BCUT2D eigenvalue weighted by Gasteiger charge is -2.13. The number of aryl methyl sites for hydroxylation is 1. The zero-order valence-electron chi connectivity index (χ0n) is 10.9. The van der Waals surface area contributed by atoms with Crippen molar-refractivity contribution in [3.63, 3.8) is 0 Å². The molecule has 1 atom stereocenters. The van der Waals surface area contributed by atoms with Crippen molar-refractivity contribution < 1.29 is 24.6 Å². The maximum atomic E-state index is 11.6. The highest BCUT2D eigenvalue weighted by atomic mass is 32.1. The summed E-state index contributed by atoms with van der Waals surface area (Å²) in [5, 5.41) is 23.9.